The van der Waals surface area contributed by atoms with E-state index in [0.717, 1.165) is 12.1 Å². The fraction of sp³-hybridized carbons (Fsp3) is 0.667. The van der Waals surface area contributed by atoms with Crippen molar-refractivity contribution in [3.8, 4) is 0 Å². The van der Waals surface area contributed by atoms with Crippen LogP contribution in [0.15, 0.2) is 12.3 Å². The van der Waals surface area contributed by atoms with Crippen LogP contribution in [0.4, 0.5) is 0 Å². The molecular formula is C9H17N3. The summed E-state index contributed by atoms with van der Waals surface area (Å²) in [4.78, 5) is 0. The van der Waals surface area contributed by atoms with Gasteiger partial charge in [-0.3, -0.25) is 4.68 Å². The van der Waals surface area contributed by atoms with Crippen LogP contribution in [0, 0.1) is 5.92 Å². The number of hydrogen-bond donors (Lipinski definition) is 1. The molecule has 0 spiro atoms. The van der Waals surface area contributed by atoms with Crippen LogP contribution in [0.1, 0.15) is 32.0 Å². The molecular weight excluding hydrogens is 150 g/mol. The smallest absolute Gasteiger partial charge is 0.0794 e. The molecule has 2 N–H and O–H groups in total. The molecule has 1 aromatic heterocycles. The highest BCUT2D eigenvalue weighted by Gasteiger charge is 2.14. The summed E-state index contributed by atoms with van der Waals surface area (Å²) in [6, 6.07) is 2.06. The molecule has 2 atom stereocenters. The molecule has 12 heavy (non-hydrogen) atoms. The second-order valence-corrected chi connectivity index (χ2v) is 3.33. The van der Waals surface area contributed by atoms with Crippen molar-refractivity contribution in [2.75, 3.05) is 0 Å². The van der Waals surface area contributed by atoms with Gasteiger partial charge in [-0.05, 0) is 12.0 Å². The summed E-state index contributed by atoms with van der Waals surface area (Å²) >= 11 is 0. The van der Waals surface area contributed by atoms with E-state index in [-0.39, 0.29) is 6.04 Å². The summed E-state index contributed by atoms with van der Waals surface area (Å²) in [5.74, 6) is 0.500. The predicted octanol–water partition coefficient (Wildman–Crippen LogP) is 1.47. The molecule has 0 fully saturated rings. The normalized spacial score (nSPS) is 16.0. The van der Waals surface area contributed by atoms with Crippen LogP contribution in [-0.2, 0) is 7.05 Å². The van der Waals surface area contributed by atoms with Gasteiger partial charge in [-0.1, -0.05) is 20.3 Å². The maximum absolute atomic E-state index is 5.99. The minimum absolute atomic E-state index is 0.0798. The lowest BCUT2D eigenvalue weighted by molar-refractivity contribution is 0.444. The number of aromatic nitrogens is 2. The zero-order valence-corrected chi connectivity index (χ0v) is 7.99. The average molecular weight is 167 g/mol. The number of aryl methyl sites for hydroxylation is 1. The number of hydrogen-bond acceptors (Lipinski definition) is 2. The van der Waals surface area contributed by atoms with Gasteiger partial charge in [-0.25, -0.2) is 0 Å². The van der Waals surface area contributed by atoms with Crippen molar-refractivity contribution in [3.05, 3.63) is 18.0 Å². The zero-order chi connectivity index (χ0) is 9.14. The summed E-state index contributed by atoms with van der Waals surface area (Å²) < 4.78 is 1.79. The fourth-order valence-electron chi connectivity index (χ4n) is 1.16. The Hall–Kier alpha value is -0.830. The van der Waals surface area contributed by atoms with E-state index in [1.807, 2.05) is 19.3 Å². The molecule has 3 heteroatoms. The first kappa shape index (κ1) is 9.26. The molecule has 0 amide bonds. The summed E-state index contributed by atoms with van der Waals surface area (Å²) in [7, 11) is 1.91. The van der Waals surface area contributed by atoms with E-state index in [1.165, 1.54) is 0 Å². The van der Waals surface area contributed by atoms with Gasteiger partial charge in [0.25, 0.3) is 0 Å². The van der Waals surface area contributed by atoms with Crippen molar-refractivity contribution in [1.82, 2.24) is 9.78 Å². The average Bonchev–Trinajstić information content (AvgIpc) is 2.49. The molecule has 1 rings (SSSR count). The first-order valence-corrected chi connectivity index (χ1v) is 4.40. The van der Waals surface area contributed by atoms with Gasteiger partial charge < -0.3 is 5.73 Å². The second-order valence-electron chi connectivity index (χ2n) is 3.33. The molecule has 0 saturated carbocycles. The Balaban J connectivity index is 2.70. The Bertz CT molecular complexity index is 242. The molecule has 0 aliphatic rings. The van der Waals surface area contributed by atoms with Gasteiger partial charge in [0, 0.05) is 13.2 Å². The van der Waals surface area contributed by atoms with Gasteiger partial charge in [0.1, 0.15) is 0 Å². The monoisotopic (exact) mass is 167 g/mol. The van der Waals surface area contributed by atoms with E-state index >= 15 is 0 Å². The third-order valence-corrected chi connectivity index (χ3v) is 2.33. The van der Waals surface area contributed by atoms with Crippen molar-refractivity contribution >= 4 is 0 Å². The molecule has 3 nitrogen and oxygen atoms in total. The molecule has 0 saturated heterocycles. The highest BCUT2D eigenvalue weighted by Crippen LogP contribution is 2.19. The first-order valence-electron chi connectivity index (χ1n) is 4.40. The van der Waals surface area contributed by atoms with Gasteiger partial charge in [0.15, 0.2) is 0 Å². The van der Waals surface area contributed by atoms with Gasteiger partial charge in [-0.2, -0.15) is 5.10 Å². The molecule has 0 aliphatic carbocycles. The van der Waals surface area contributed by atoms with Crippen molar-refractivity contribution in [2.24, 2.45) is 18.7 Å². The van der Waals surface area contributed by atoms with E-state index in [2.05, 4.69) is 18.9 Å². The highest BCUT2D eigenvalue weighted by atomic mass is 15.3. The number of nitrogens with zero attached hydrogens (tertiary/aromatic N) is 2. The molecule has 0 bridgehead atoms. The standard InChI is InChI=1S/C9H17N3/c1-4-7(2)9(10)8-5-6-12(3)11-8/h5-7,9H,4,10H2,1-3H3. The van der Waals surface area contributed by atoms with Crippen LogP contribution in [0.25, 0.3) is 0 Å². The Labute approximate surface area is 73.6 Å². The predicted molar refractivity (Wildman–Crippen MR) is 49.6 cm³/mol. The van der Waals surface area contributed by atoms with Crippen molar-refractivity contribution in [1.29, 1.82) is 0 Å². The summed E-state index contributed by atoms with van der Waals surface area (Å²) in [5, 5.41) is 4.27. The van der Waals surface area contributed by atoms with Crippen LogP contribution >= 0.6 is 0 Å². The maximum atomic E-state index is 5.99. The summed E-state index contributed by atoms with van der Waals surface area (Å²) in [6.07, 6.45) is 3.02. The first-order chi connectivity index (χ1) is 5.65. The van der Waals surface area contributed by atoms with Gasteiger partial charge >= 0.3 is 0 Å². The molecule has 68 valence electrons. The van der Waals surface area contributed by atoms with Gasteiger partial charge in [0.2, 0.25) is 0 Å². The second kappa shape index (κ2) is 3.72. The van der Waals surface area contributed by atoms with Gasteiger partial charge in [0.05, 0.1) is 11.7 Å². The molecule has 0 radical (unpaired) electrons. The van der Waals surface area contributed by atoms with Crippen molar-refractivity contribution in [3.63, 3.8) is 0 Å². The molecule has 2 unspecified atom stereocenters. The minimum atomic E-state index is 0.0798. The van der Waals surface area contributed by atoms with Gasteiger partial charge in [-0.15, -0.1) is 0 Å². The van der Waals surface area contributed by atoms with E-state index in [9.17, 15) is 0 Å². The third-order valence-electron chi connectivity index (χ3n) is 2.33. The zero-order valence-electron chi connectivity index (χ0n) is 7.99. The summed E-state index contributed by atoms with van der Waals surface area (Å²) in [5.41, 5.74) is 6.98. The Morgan fingerprint density at radius 3 is 2.75 bits per heavy atom. The third kappa shape index (κ3) is 1.85. The van der Waals surface area contributed by atoms with Crippen molar-refractivity contribution < 1.29 is 0 Å². The van der Waals surface area contributed by atoms with Crippen LogP contribution in [0.2, 0.25) is 0 Å². The minimum Gasteiger partial charge on any atom is -0.322 e. The maximum Gasteiger partial charge on any atom is 0.0794 e. The van der Waals surface area contributed by atoms with E-state index in [1.54, 1.807) is 4.68 Å². The quantitative estimate of drug-likeness (QED) is 0.740. The van der Waals surface area contributed by atoms with Crippen LogP contribution in [0.5, 0.6) is 0 Å². The number of nitrogens with two attached hydrogens (primary N) is 1. The largest absolute Gasteiger partial charge is 0.322 e. The Morgan fingerprint density at radius 1 is 1.67 bits per heavy atom. The van der Waals surface area contributed by atoms with E-state index < -0.39 is 0 Å². The highest BCUT2D eigenvalue weighted by molar-refractivity contribution is 5.05. The topological polar surface area (TPSA) is 43.8 Å². The van der Waals surface area contributed by atoms with E-state index in [0.29, 0.717) is 5.92 Å². The Morgan fingerprint density at radius 2 is 2.33 bits per heavy atom. The molecule has 0 aromatic carbocycles. The Kier molecular flexibility index (Phi) is 2.87. The van der Waals surface area contributed by atoms with E-state index in [4.69, 9.17) is 5.73 Å². The molecule has 0 aliphatic heterocycles. The fourth-order valence-corrected chi connectivity index (χ4v) is 1.16. The lowest BCUT2D eigenvalue weighted by atomic mass is 9.98. The molecule has 1 aromatic rings. The van der Waals surface area contributed by atoms with Crippen LogP contribution < -0.4 is 5.73 Å². The SMILES string of the molecule is CCC(C)C(N)c1ccn(C)n1. The lowest BCUT2D eigenvalue weighted by Gasteiger charge is -2.15. The molecule has 1 heterocycles. The van der Waals surface area contributed by atoms with Crippen molar-refractivity contribution in [2.45, 2.75) is 26.3 Å². The van der Waals surface area contributed by atoms with Crippen LogP contribution in [0.3, 0.4) is 0 Å². The number of rotatable bonds is 3. The lowest BCUT2D eigenvalue weighted by Crippen LogP contribution is -2.19. The summed E-state index contributed by atoms with van der Waals surface area (Å²) in [6.45, 7) is 4.30. The van der Waals surface area contributed by atoms with Crippen LogP contribution in [-0.4, -0.2) is 9.78 Å².